The lowest BCUT2D eigenvalue weighted by molar-refractivity contribution is -0.136. The summed E-state index contributed by atoms with van der Waals surface area (Å²) < 4.78 is 0. The zero-order chi connectivity index (χ0) is 10.8. The number of nitrogens with zero attached hydrogens (tertiary/aromatic N) is 2. The van der Waals surface area contributed by atoms with Crippen molar-refractivity contribution in [3.63, 3.8) is 0 Å². The number of aliphatic hydroxyl groups is 1. The molecule has 1 aliphatic rings. The standard InChI is InChI=1S/C11H14N2O2/c1-9(14)13-11(15)7-8-12(13)10-5-3-2-4-6-10/h2-6,11,15H,7-8H2,1H3. The van der Waals surface area contributed by atoms with Crippen molar-refractivity contribution in [2.45, 2.75) is 19.6 Å². The van der Waals surface area contributed by atoms with Crippen LogP contribution in [-0.2, 0) is 4.79 Å². The highest BCUT2D eigenvalue weighted by Gasteiger charge is 2.32. The van der Waals surface area contributed by atoms with Crippen molar-refractivity contribution in [3.8, 4) is 0 Å². The van der Waals surface area contributed by atoms with E-state index in [0.29, 0.717) is 13.0 Å². The van der Waals surface area contributed by atoms with Crippen LogP contribution in [0.5, 0.6) is 0 Å². The lowest BCUT2D eigenvalue weighted by atomic mass is 10.3. The Balaban J connectivity index is 2.26. The van der Waals surface area contributed by atoms with Crippen LogP contribution >= 0.6 is 0 Å². The third kappa shape index (κ3) is 1.80. The Bertz CT molecular complexity index is 353. The van der Waals surface area contributed by atoms with Gasteiger partial charge in [-0.1, -0.05) is 18.2 Å². The topological polar surface area (TPSA) is 43.8 Å². The van der Waals surface area contributed by atoms with Crippen LogP contribution in [0.1, 0.15) is 13.3 Å². The maximum absolute atomic E-state index is 11.4. The van der Waals surface area contributed by atoms with E-state index in [-0.39, 0.29) is 5.91 Å². The van der Waals surface area contributed by atoms with Gasteiger partial charge in [0.15, 0.2) is 0 Å². The molecule has 1 saturated heterocycles. The van der Waals surface area contributed by atoms with E-state index in [0.717, 1.165) is 5.69 Å². The number of carbonyl (C=O) groups excluding carboxylic acids is 1. The molecule has 0 aromatic heterocycles. The molecule has 1 fully saturated rings. The molecule has 0 spiro atoms. The number of carbonyl (C=O) groups is 1. The Morgan fingerprint density at radius 2 is 2.07 bits per heavy atom. The van der Waals surface area contributed by atoms with E-state index in [2.05, 4.69) is 0 Å². The number of hydrazine groups is 1. The summed E-state index contributed by atoms with van der Waals surface area (Å²) in [5.41, 5.74) is 0.934. The maximum Gasteiger partial charge on any atom is 0.240 e. The minimum atomic E-state index is -0.692. The molecule has 0 aliphatic carbocycles. The van der Waals surface area contributed by atoms with Crippen molar-refractivity contribution < 1.29 is 9.90 Å². The average Bonchev–Trinajstić information content (AvgIpc) is 2.61. The van der Waals surface area contributed by atoms with Gasteiger partial charge in [-0.25, -0.2) is 5.01 Å². The Morgan fingerprint density at radius 3 is 2.67 bits per heavy atom. The normalized spacial score (nSPS) is 20.8. The highest BCUT2D eigenvalue weighted by molar-refractivity contribution is 5.76. The average molecular weight is 206 g/mol. The molecule has 0 bridgehead atoms. The van der Waals surface area contributed by atoms with Crippen molar-refractivity contribution >= 4 is 11.6 Å². The highest BCUT2D eigenvalue weighted by atomic mass is 16.3. The molecule has 1 heterocycles. The first kappa shape index (κ1) is 9.98. The maximum atomic E-state index is 11.4. The molecule has 80 valence electrons. The van der Waals surface area contributed by atoms with Crippen molar-refractivity contribution in [1.82, 2.24) is 5.01 Å². The molecular weight excluding hydrogens is 192 g/mol. The van der Waals surface area contributed by atoms with Crippen molar-refractivity contribution in [1.29, 1.82) is 0 Å². The van der Waals surface area contributed by atoms with Crippen molar-refractivity contribution in [2.75, 3.05) is 11.6 Å². The van der Waals surface area contributed by atoms with Gasteiger partial charge in [0.25, 0.3) is 0 Å². The Hall–Kier alpha value is -1.55. The van der Waals surface area contributed by atoms with E-state index in [1.54, 1.807) is 0 Å². The first-order chi connectivity index (χ1) is 7.20. The fourth-order valence-electron chi connectivity index (χ4n) is 1.86. The zero-order valence-corrected chi connectivity index (χ0v) is 8.63. The lowest BCUT2D eigenvalue weighted by Gasteiger charge is -2.30. The number of hydrogen-bond donors (Lipinski definition) is 1. The monoisotopic (exact) mass is 206 g/mol. The van der Waals surface area contributed by atoms with Crippen LogP contribution in [0.2, 0.25) is 0 Å². The largest absolute Gasteiger partial charge is 0.372 e. The quantitative estimate of drug-likeness (QED) is 0.745. The molecule has 1 unspecified atom stereocenters. The summed E-state index contributed by atoms with van der Waals surface area (Å²) in [6.07, 6.45) is -0.100. The molecule has 15 heavy (non-hydrogen) atoms. The van der Waals surface area contributed by atoms with E-state index in [1.165, 1.54) is 11.9 Å². The van der Waals surface area contributed by atoms with E-state index in [4.69, 9.17) is 0 Å². The van der Waals surface area contributed by atoms with Crippen LogP contribution in [-0.4, -0.2) is 28.8 Å². The summed E-state index contributed by atoms with van der Waals surface area (Å²) in [7, 11) is 0. The number of hydrogen-bond acceptors (Lipinski definition) is 3. The SMILES string of the molecule is CC(=O)N1C(O)CCN1c1ccccc1. The van der Waals surface area contributed by atoms with Crippen LogP contribution < -0.4 is 5.01 Å². The third-order valence-electron chi connectivity index (χ3n) is 2.52. The number of benzene rings is 1. The second-order valence-electron chi connectivity index (χ2n) is 3.59. The predicted molar refractivity (Wildman–Crippen MR) is 56.9 cm³/mol. The summed E-state index contributed by atoms with van der Waals surface area (Å²) in [6, 6.07) is 9.60. The van der Waals surface area contributed by atoms with Crippen LogP contribution in [0.4, 0.5) is 5.69 Å². The third-order valence-corrected chi connectivity index (χ3v) is 2.52. The summed E-state index contributed by atoms with van der Waals surface area (Å²) >= 11 is 0. The molecule has 1 N–H and O–H groups in total. The fourth-order valence-corrected chi connectivity index (χ4v) is 1.86. The summed E-state index contributed by atoms with van der Waals surface area (Å²) in [4.78, 5) is 11.4. The Kier molecular flexibility index (Phi) is 2.60. The van der Waals surface area contributed by atoms with Crippen molar-refractivity contribution in [3.05, 3.63) is 30.3 Å². The summed E-state index contributed by atoms with van der Waals surface area (Å²) in [5.74, 6) is -0.135. The molecule has 1 atom stereocenters. The smallest absolute Gasteiger partial charge is 0.240 e. The van der Waals surface area contributed by atoms with Gasteiger partial charge in [0, 0.05) is 19.9 Å². The number of para-hydroxylation sites is 1. The molecule has 1 aliphatic heterocycles. The first-order valence-corrected chi connectivity index (χ1v) is 5.00. The predicted octanol–water partition coefficient (Wildman–Crippen LogP) is 0.979. The second kappa shape index (κ2) is 3.90. The highest BCUT2D eigenvalue weighted by Crippen LogP contribution is 2.24. The lowest BCUT2D eigenvalue weighted by Crippen LogP contribution is -2.44. The fraction of sp³-hybridized carbons (Fsp3) is 0.364. The van der Waals surface area contributed by atoms with Gasteiger partial charge < -0.3 is 5.11 Å². The number of amides is 1. The Morgan fingerprint density at radius 1 is 1.40 bits per heavy atom. The number of rotatable bonds is 1. The summed E-state index contributed by atoms with van der Waals surface area (Å²) in [5, 5.41) is 12.9. The van der Waals surface area contributed by atoms with E-state index >= 15 is 0 Å². The number of aliphatic hydroxyl groups excluding tert-OH is 1. The minimum absolute atomic E-state index is 0.135. The van der Waals surface area contributed by atoms with Crippen LogP contribution in [0, 0.1) is 0 Å². The van der Waals surface area contributed by atoms with E-state index < -0.39 is 6.23 Å². The van der Waals surface area contributed by atoms with Gasteiger partial charge >= 0.3 is 0 Å². The molecule has 1 aromatic rings. The van der Waals surface area contributed by atoms with Gasteiger partial charge in [0.05, 0.1) is 5.69 Å². The molecule has 0 radical (unpaired) electrons. The molecule has 0 saturated carbocycles. The van der Waals surface area contributed by atoms with Gasteiger partial charge in [0.1, 0.15) is 6.23 Å². The van der Waals surface area contributed by atoms with Crippen molar-refractivity contribution in [2.24, 2.45) is 0 Å². The van der Waals surface area contributed by atoms with Gasteiger partial charge in [0.2, 0.25) is 5.91 Å². The number of anilines is 1. The van der Waals surface area contributed by atoms with Gasteiger partial charge in [-0.2, -0.15) is 0 Å². The minimum Gasteiger partial charge on any atom is -0.372 e. The Labute approximate surface area is 88.7 Å². The summed E-state index contributed by atoms with van der Waals surface area (Å²) in [6.45, 7) is 2.13. The second-order valence-corrected chi connectivity index (χ2v) is 3.59. The van der Waals surface area contributed by atoms with Crippen LogP contribution in [0.15, 0.2) is 30.3 Å². The zero-order valence-electron chi connectivity index (χ0n) is 8.63. The molecule has 1 amide bonds. The van der Waals surface area contributed by atoms with Crippen LogP contribution in [0.3, 0.4) is 0 Å². The van der Waals surface area contributed by atoms with Crippen LogP contribution in [0.25, 0.3) is 0 Å². The molecule has 4 heteroatoms. The van der Waals surface area contributed by atoms with Gasteiger partial charge in [-0.15, -0.1) is 0 Å². The molecule has 2 rings (SSSR count). The molecule has 1 aromatic carbocycles. The van der Waals surface area contributed by atoms with E-state index in [1.807, 2.05) is 35.3 Å². The first-order valence-electron chi connectivity index (χ1n) is 5.00. The van der Waals surface area contributed by atoms with Gasteiger partial charge in [-0.3, -0.25) is 9.80 Å². The van der Waals surface area contributed by atoms with E-state index in [9.17, 15) is 9.90 Å². The molecular formula is C11H14N2O2. The molecule has 4 nitrogen and oxygen atoms in total. The van der Waals surface area contributed by atoms with Gasteiger partial charge in [-0.05, 0) is 12.1 Å².